The van der Waals surface area contributed by atoms with Crippen LogP contribution in [-0.2, 0) is 22.6 Å². The third-order valence-corrected chi connectivity index (χ3v) is 6.38. The normalized spacial score (nSPS) is 14.8. The number of amides is 1. The van der Waals surface area contributed by atoms with Gasteiger partial charge in [-0.25, -0.2) is 4.79 Å². The van der Waals surface area contributed by atoms with Crippen LogP contribution in [0.1, 0.15) is 40.6 Å². The van der Waals surface area contributed by atoms with Crippen LogP contribution in [0.15, 0.2) is 51.0 Å². The second-order valence-electron chi connectivity index (χ2n) is 7.43. The maximum Gasteiger partial charge on any atom is 0.336 e. The van der Waals surface area contributed by atoms with Crippen molar-refractivity contribution in [2.75, 3.05) is 13.1 Å². The highest BCUT2D eigenvalue weighted by Crippen LogP contribution is 2.24. The van der Waals surface area contributed by atoms with Gasteiger partial charge in [-0.05, 0) is 42.3 Å². The number of carbonyl (C=O) groups is 2. The molecule has 3 aromatic rings. The van der Waals surface area contributed by atoms with Gasteiger partial charge in [-0.15, -0.1) is 11.3 Å². The molecule has 7 heteroatoms. The van der Waals surface area contributed by atoms with Gasteiger partial charge in [-0.2, -0.15) is 0 Å². The van der Waals surface area contributed by atoms with E-state index < -0.39 is 5.63 Å². The molecule has 0 bridgehead atoms. The van der Waals surface area contributed by atoms with Crippen LogP contribution in [0.2, 0.25) is 0 Å². The number of carbonyl (C=O) groups excluding carboxylic acids is 2. The second kappa shape index (κ2) is 8.83. The first-order chi connectivity index (χ1) is 14.5. The van der Waals surface area contributed by atoms with Crippen LogP contribution in [0.5, 0.6) is 0 Å². The van der Waals surface area contributed by atoms with E-state index in [2.05, 4.69) is 0 Å². The van der Waals surface area contributed by atoms with Gasteiger partial charge in [-0.3, -0.25) is 9.59 Å². The summed E-state index contributed by atoms with van der Waals surface area (Å²) >= 11 is 1.43. The number of hydrogen-bond acceptors (Lipinski definition) is 6. The van der Waals surface area contributed by atoms with E-state index in [1.165, 1.54) is 17.4 Å². The fraction of sp³-hybridized carbons (Fsp3) is 0.348. The molecule has 3 heterocycles. The van der Waals surface area contributed by atoms with E-state index >= 15 is 0 Å². The number of thiophene rings is 1. The van der Waals surface area contributed by atoms with Gasteiger partial charge in [0.05, 0.1) is 10.8 Å². The molecule has 4 rings (SSSR count). The molecular formula is C23H23NO5S. The van der Waals surface area contributed by atoms with E-state index in [1.54, 1.807) is 4.90 Å². The average Bonchev–Trinajstić information content (AvgIpc) is 3.31. The van der Waals surface area contributed by atoms with Gasteiger partial charge in [0.25, 0.3) is 5.91 Å². The quantitative estimate of drug-likeness (QED) is 0.456. The van der Waals surface area contributed by atoms with E-state index in [0.29, 0.717) is 37.1 Å². The summed E-state index contributed by atoms with van der Waals surface area (Å²) in [6.07, 6.45) is 1.99. The molecule has 1 aliphatic rings. The highest BCUT2D eigenvalue weighted by Gasteiger charge is 2.29. The van der Waals surface area contributed by atoms with Crippen LogP contribution >= 0.6 is 11.3 Å². The fourth-order valence-electron chi connectivity index (χ4n) is 3.75. The summed E-state index contributed by atoms with van der Waals surface area (Å²) in [5, 5.41) is 2.66. The van der Waals surface area contributed by atoms with Crippen molar-refractivity contribution >= 4 is 34.2 Å². The number of piperidine rings is 1. The summed E-state index contributed by atoms with van der Waals surface area (Å²) in [6, 6.07) is 10.8. The Hall–Kier alpha value is -2.93. The van der Waals surface area contributed by atoms with Crippen molar-refractivity contribution in [3.8, 4) is 0 Å². The van der Waals surface area contributed by atoms with Crippen LogP contribution in [0.4, 0.5) is 0 Å². The zero-order chi connectivity index (χ0) is 21.1. The molecule has 0 saturated carbocycles. The highest BCUT2D eigenvalue weighted by molar-refractivity contribution is 7.12. The van der Waals surface area contributed by atoms with Crippen LogP contribution < -0.4 is 5.63 Å². The van der Waals surface area contributed by atoms with E-state index in [0.717, 1.165) is 22.2 Å². The molecule has 1 aliphatic heterocycles. The molecule has 1 fully saturated rings. The topological polar surface area (TPSA) is 76.8 Å². The predicted octanol–water partition coefficient (Wildman–Crippen LogP) is 4.01. The SMILES string of the molecule is CCc1ccc2c(COC(=O)C3CCN(C(=O)c4cccs4)CC3)cc(=O)oc2c1. The van der Waals surface area contributed by atoms with E-state index in [9.17, 15) is 14.4 Å². The number of aryl methyl sites for hydroxylation is 1. The lowest BCUT2D eigenvalue weighted by Crippen LogP contribution is -2.40. The summed E-state index contributed by atoms with van der Waals surface area (Å²) in [5.74, 6) is -0.508. The van der Waals surface area contributed by atoms with Gasteiger partial charge >= 0.3 is 11.6 Å². The zero-order valence-corrected chi connectivity index (χ0v) is 17.6. The Bertz CT molecular complexity index is 1110. The lowest BCUT2D eigenvalue weighted by atomic mass is 9.97. The van der Waals surface area contributed by atoms with E-state index in [-0.39, 0.29) is 24.4 Å². The van der Waals surface area contributed by atoms with E-state index in [1.807, 2.05) is 42.6 Å². The summed E-state index contributed by atoms with van der Waals surface area (Å²) in [7, 11) is 0. The third-order valence-electron chi connectivity index (χ3n) is 5.52. The molecule has 0 unspecified atom stereocenters. The van der Waals surface area contributed by atoms with Crippen molar-refractivity contribution < 1.29 is 18.7 Å². The largest absolute Gasteiger partial charge is 0.461 e. The molecule has 1 saturated heterocycles. The Morgan fingerprint density at radius 1 is 1.20 bits per heavy atom. The Kier molecular flexibility index (Phi) is 5.99. The van der Waals surface area contributed by atoms with Crippen LogP contribution in [-0.4, -0.2) is 29.9 Å². The molecular weight excluding hydrogens is 402 g/mol. The Morgan fingerprint density at radius 2 is 2.00 bits per heavy atom. The molecule has 2 aromatic heterocycles. The van der Waals surface area contributed by atoms with Crippen LogP contribution in [0.3, 0.4) is 0 Å². The van der Waals surface area contributed by atoms with Crippen molar-refractivity contribution in [1.29, 1.82) is 0 Å². The molecule has 1 amide bonds. The molecule has 0 N–H and O–H groups in total. The number of nitrogens with zero attached hydrogens (tertiary/aromatic N) is 1. The number of benzene rings is 1. The molecule has 0 atom stereocenters. The number of hydrogen-bond donors (Lipinski definition) is 0. The summed E-state index contributed by atoms with van der Waals surface area (Å²) < 4.78 is 10.8. The van der Waals surface area contributed by atoms with Crippen LogP contribution in [0.25, 0.3) is 11.0 Å². The first-order valence-corrected chi connectivity index (χ1v) is 11.0. The second-order valence-corrected chi connectivity index (χ2v) is 8.37. The van der Waals surface area contributed by atoms with Gasteiger partial charge in [0.1, 0.15) is 12.2 Å². The van der Waals surface area contributed by atoms with Gasteiger partial charge in [0.2, 0.25) is 0 Å². The number of esters is 1. The molecule has 0 aliphatic carbocycles. The maximum atomic E-state index is 12.6. The maximum absolute atomic E-state index is 12.6. The lowest BCUT2D eigenvalue weighted by molar-refractivity contribution is -0.151. The summed E-state index contributed by atoms with van der Waals surface area (Å²) in [5.41, 5.74) is 1.77. The Labute approximate surface area is 178 Å². The minimum absolute atomic E-state index is 0.0192. The van der Waals surface area contributed by atoms with Crippen molar-refractivity contribution in [2.24, 2.45) is 5.92 Å². The number of ether oxygens (including phenoxy) is 1. The first kappa shape index (κ1) is 20.3. The van der Waals surface area contributed by atoms with E-state index in [4.69, 9.17) is 9.15 Å². The summed E-state index contributed by atoms with van der Waals surface area (Å²) in [6.45, 7) is 3.13. The van der Waals surface area contributed by atoms with Crippen molar-refractivity contribution in [1.82, 2.24) is 4.90 Å². The lowest BCUT2D eigenvalue weighted by Gasteiger charge is -2.30. The van der Waals surface area contributed by atoms with Gasteiger partial charge in [0, 0.05) is 30.1 Å². The van der Waals surface area contributed by atoms with Crippen molar-refractivity contribution in [2.45, 2.75) is 32.8 Å². The standard InChI is InChI=1S/C23H23NO5S/c1-2-15-5-6-18-17(13-21(25)29-19(18)12-15)14-28-23(27)16-7-9-24(10-8-16)22(26)20-4-3-11-30-20/h3-6,11-13,16H,2,7-10,14H2,1H3. The highest BCUT2D eigenvalue weighted by atomic mass is 32.1. The van der Waals surface area contributed by atoms with Crippen molar-refractivity contribution in [3.63, 3.8) is 0 Å². The molecule has 0 radical (unpaired) electrons. The predicted molar refractivity (Wildman–Crippen MR) is 115 cm³/mol. The van der Waals surface area contributed by atoms with Crippen LogP contribution in [0, 0.1) is 5.92 Å². The zero-order valence-electron chi connectivity index (χ0n) is 16.8. The summed E-state index contributed by atoms with van der Waals surface area (Å²) in [4.78, 5) is 39.4. The minimum atomic E-state index is -0.456. The van der Waals surface area contributed by atoms with Crippen molar-refractivity contribution in [3.05, 3.63) is 68.2 Å². The van der Waals surface area contributed by atoms with Gasteiger partial charge in [0.15, 0.2) is 0 Å². The Morgan fingerprint density at radius 3 is 2.70 bits per heavy atom. The Balaban J connectivity index is 1.37. The molecule has 0 spiro atoms. The minimum Gasteiger partial charge on any atom is -0.461 e. The molecule has 30 heavy (non-hydrogen) atoms. The average molecular weight is 426 g/mol. The van der Waals surface area contributed by atoms with Gasteiger partial charge in [-0.1, -0.05) is 25.1 Å². The monoisotopic (exact) mass is 425 g/mol. The molecule has 156 valence electrons. The molecule has 1 aromatic carbocycles. The number of fused-ring (bicyclic) bond motifs is 1. The fourth-order valence-corrected chi connectivity index (χ4v) is 4.45. The first-order valence-electron chi connectivity index (χ1n) is 10.1. The third kappa shape index (κ3) is 4.31. The number of rotatable bonds is 5. The smallest absolute Gasteiger partial charge is 0.336 e. The number of likely N-dealkylation sites (tertiary alicyclic amines) is 1. The molecule has 6 nitrogen and oxygen atoms in total. The van der Waals surface area contributed by atoms with Gasteiger partial charge < -0.3 is 14.1 Å².